The number of ether oxygens (including phenoxy) is 3. The fraction of sp³-hybridized carbons (Fsp3) is 0.270. The molecular formula is C37H37N3O6. The van der Waals surface area contributed by atoms with Crippen LogP contribution in [0.5, 0.6) is 11.5 Å². The van der Waals surface area contributed by atoms with Gasteiger partial charge in [0.2, 0.25) is 5.91 Å². The van der Waals surface area contributed by atoms with Crippen LogP contribution in [-0.4, -0.2) is 66.8 Å². The predicted octanol–water partition coefficient (Wildman–Crippen LogP) is 5.46. The predicted molar refractivity (Wildman–Crippen MR) is 172 cm³/mol. The smallest absolute Gasteiger partial charge is 0.327 e. The summed E-state index contributed by atoms with van der Waals surface area (Å²) in [5.41, 5.74) is 3.16. The summed E-state index contributed by atoms with van der Waals surface area (Å²) in [7, 11) is 0. The van der Waals surface area contributed by atoms with E-state index >= 15 is 0 Å². The number of benzene rings is 4. The van der Waals surface area contributed by atoms with Crippen molar-refractivity contribution in [3.05, 3.63) is 131 Å². The van der Waals surface area contributed by atoms with Crippen LogP contribution in [0.25, 0.3) is 0 Å². The number of nitrogens with zero attached hydrogens (tertiary/aromatic N) is 2. The number of likely N-dealkylation sites (tertiary alicyclic amines) is 1. The Hall–Kier alpha value is -5.15. The quantitative estimate of drug-likeness (QED) is 0.237. The van der Waals surface area contributed by atoms with Crippen LogP contribution in [-0.2, 0) is 16.0 Å². The van der Waals surface area contributed by atoms with Gasteiger partial charge in [0.25, 0.3) is 5.91 Å². The van der Waals surface area contributed by atoms with Gasteiger partial charge >= 0.3 is 6.03 Å². The van der Waals surface area contributed by atoms with Crippen molar-refractivity contribution in [3.63, 3.8) is 0 Å². The molecular weight excluding hydrogens is 582 g/mol. The van der Waals surface area contributed by atoms with Gasteiger partial charge in [-0.2, -0.15) is 0 Å². The number of rotatable bonds is 10. The topological polar surface area (TPSA) is 97.4 Å². The molecule has 0 aromatic heterocycles. The SMILES string of the molecule is CCOc1ccccc1CC1C(=O)N(C(=O)NC(c2ccccc2)c2ccccc2)C1Oc1ccc(C(=O)N2CCOCC2)cc1. The summed E-state index contributed by atoms with van der Waals surface area (Å²) < 4.78 is 17.6. The number of β-lactam (4-membered cyclic amide) rings is 1. The fourth-order valence-corrected chi connectivity index (χ4v) is 5.88. The summed E-state index contributed by atoms with van der Waals surface area (Å²) in [6.45, 7) is 4.52. The molecule has 0 radical (unpaired) electrons. The molecule has 9 nitrogen and oxygen atoms in total. The van der Waals surface area contributed by atoms with E-state index in [1.807, 2.05) is 91.9 Å². The number of para-hydroxylation sites is 1. The number of carbonyl (C=O) groups excluding carboxylic acids is 3. The first-order valence-electron chi connectivity index (χ1n) is 15.6. The van der Waals surface area contributed by atoms with Gasteiger partial charge in [-0.3, -0.25) is 9.59 Å². The third-order valence-electron chi connectivity index (χ3n) is 8.27. The van der Waals surface area contributed by atoms with Crippen molar-refractivity contribution in [1.29, 1.82) is 0 Å². The molecule has 0 bridgehead atoms. The number of morpholine rings is 1. The molecule has 9 heteroatoms. The summed E-state index contributed by atoms with van der Waals surface area (Å²) in [5, 5.41) is 3.08. The van der Waals surface area contributed by atoms with E-state index in [1.54, 1.807) is 29.2 Å². The zero-order chi connectivity index (χ0) is 31.9. The Morgan fingerprint density at radius 2 is 1.46 bits per heavy atom. The highest BCUT2D eigenvalue weighted by Gasteiger charge is 2.53. The number of amides is 4. The first-order chi connectivity index (χ1) is 22.5. The maximum Gasteiger partial charge on any atom is 0.327 e. The van der Waals surface area contributed by atoms with Crippen molar-refractivity contribution in [2.24, 2.45) is 5.92 Å². The first kappa shape index (κ1) is 30.9. The zero-order valence-corrected chi connectivity index (χ0v) is 25.7. The molecule has 1 N–H and O–H groups in total. The van der Waals surface area contributed by atoms with E-state index in [2.05, 4.69) is 5.32 Å². The summed E-state index contributed by atoms with van der Waals surface area (Å²) in [4.78, 5) is 43.5. The lowest BCUT2D eigenvalue weighted by Crippen LogP contribution is -2.68. The molecule has 0 aliphatic carbocycles. The molecule has 2 heterocycles. The number of imide groups is 1. The average molecular weight is 620 g/mol. The molecule has 2 unspecified atom stereocenters. The second-order valence-electron chi connectivity index (χ2n) is 11.2. The van der Waals surface area contributed by atoms with Crippen molar-refractivity contribution in [3.8, 4) is 11.5 Å². The summed E-state index contributed by atoms with van der Waals surface area (Å²) in [6, 6.07) is 32.6. The third kappa shape index (κ3) is 6.74. The Bertz CT molecular complexity index is 1600. The third-order valence-corrected chi connectivity index (χ3v) is 8.27. The second kappa shape index (κ2) is 14.3. The molecule has 4 aromatic rings. The van der Waals surface area contributed by atoms with Gasteiger partial charge in [0.05, 0.1) is 31.8 Å². The van der Waals surface area contributed by atoms with Crippen molar-refractivity contribution in [1.82, 2.24) is 15.1 Å². The maximum atomic E-state index is 13.9. The largest absolute Gasteiger partial charge is 0.494 e. The van der Waals surface area contributed by atoms with E-state index in [-0.39, 0.29) is 11.8 Å². The van der Waals surface area contributed by atoms with Crippen LogP contribution in [0.4, 0.5) is 4.79 Å². The summed E-state index contributed by atoms with van der Waals surface area (Å²) in [5.74, 6) is 0.0906. The molecule has 2 saturated heterocycles. The lowest BCUT2D eigenvalue weighted by atomic mass is 9.88. The molecule has 2 atom stereocenters. The average Bonchev–Trinajstić information content (AvgIpc) is 3.11. The molecule has 46 heavy (non-hydrogen) atoms. The second-order valence-corrected chi connectivity index (χ2v) is 11.2. The lowest BCUT2D eigenvalue weighted by molar-refractivity contribution is -0.166. The molecule has 4 amide bonds. The van der Waals surface area contributed by atoms with Gasteiger partial charge in [0, 0.05) is 18.7 Å². The maximum absolute atomic E-state index is 13.9. The van der Waals surface area contributed by atoms with Crippen molar-refractivity contribution < 1.29 is 28.6 Å². The van der Waals surface area contributed by atoms with Gasteiger partial charge in [0.1, 0.15) is 11.5 Å². The molecule has 2 aliphatic rings. The van der Waals surface area contributed by atoms with Crippen LogP contribution in [0, 0.1) is 5.92 Å². The Morgan fingerprint density at radius 1 is 0.848 bits per heavy atom. The highest BCUT2D eigenvalue weighted by Crippen LogP contribution is 2.35. The van der Waals surface area contributed by atoms with E-state index in [1.165, 1.54) is 0 Å². The van der Waals surface area contributed by atoms with Crippen LogP contribution in [0.15, 0.2) is 109 Å². The summed E-state index contributed by atoms with van der Waals surface area (Å²) >= 11 is 0. The zero-order valence-electron chi connectivity index (χ0n) is 25.7. The minimum Gasteiger partial charge on any atom is -0.494 e. The Balaban J connectivity index is 1.25. The van der Waals surface area contributed by atoms with E-state index < -0.39 is 24.2 Å². The van der Waals surface area contributed by atoms with Crippen LogP contribution in [0.3, 0.4) is 0 Å². The minimum atomic E-state index is -0.879. The van der Waals surface area contributed by atoms with Crippen LogP contribution in [0.2, 0.25) is 0 Å². The molecule has 2 aliphatic heterocycles. The molecule has 2 fully saturated rings. The van der Waals surface area contributed by atoms with Crippen LogP contribution in [0.1, 0.15) is 40.0 Å². The van der Waals surface area contributed by atoms with Gasteiger partial charge in [-0.25, -0.2) is 9.69 Å². The van der Waals surface area contributed by atoms with Gasteiger partial charge in [0.15, 0.2) is 6.23 Å². The lowest BCUT2D eigenvalue weighted by Gasteiger charge is -2.45. The molecule has 0 saturated carbocycles. The molecule has 0 spiro atoms. The Kier molecular flexibility index (Phi) is 9.59. The Labute approximate surface area is 268 Å². The minimum absolute atomic E-state index is 0.0760. The Morgan fingerprint density at radius 3 is 2.09 bits per heavy atom. The van der Waals surface area contributed by atoms with Gasteiger partial charge in [-0.05, 0) is 60.4 Å². The highest BCUT2D eigenvalue weighted by atomic mass is 16.5. The molecule has 6 rings (SSSR count). The van der Waals surface area contributed by atoms with Crippen molar-refractivity contribution in [2.45, 2.75) is 25.6 Å². The van der Waals surface area contributed by atoms with Crippen LogP contribution >= 0.6 is 0 Å². The monoisotopic (exact) mass is 619 g/mol. The highest BCUT2D eigenvalue weighted by molar-refractivity contribution is 6.01. The molecule has 4 aromatic carbocycles. The summed E-state index contributed by atoms with van der Waals surface area (Å²) in [6.07, 6.45) is -0.548. The number of hydrogen-bond acceptors (Lipinski definition) is 6. The number of nitrogens with one attached hydrogen (secondary N) is 1. The van der Waals surface area contributed by atoms with Gasteiger partial charge in [-0.1, -0.05) is 78.9 Å². The first-order valence-corrected chi connectivity index (χ1v) is 15.6. The van der Waals surface area contributed by atoms with E-state index in [0.717, 1.165) is 21.6 Å². The number of urea groups is 1. The van der Waals surface area contributed by atoms with Crippen molar-refractivity contribution in [2.75, 3.05) is 32.9 Å². The van der Waals surface area contributed by atoms with E-state index in [9.17, 15) is 14.4 Å². The molecule has 236 valence electrons. The van der Waals surface area contributed by atoms with Gasteiger partial charge < -0.3 is 24.4 Å². The van der Waals surface area contributed by atoms with E-state index in [4.69, 9.17) is 14.2 Å². The fourth-order valence-electron chi connectivity index (χ4n) is 5.88. The van der Waals surface area contributed by atoms with Crippen LogP contribution < -0.4 is 14.8 Å². The standard InChI is InChI=1S/C37H37N3O6/c1-2-45-32-16-10-9-15-29(32)25-31-35(42)40(37(43)38-33(26-11-5-3-6-12-26)27-13-7-4-8-14-27)36(31)46-30-19-17-28(18-20-30)34(41)39-21-23-44-24-22-39/h3-20,31,33,36H,2,21-25H2,1H3,(H,38,43). The number of carbonyl (C=O) groups is 3. The van der Waals surface area contributed by atoms with Crippen molar-refractivity contribution >= 4 is 17.8 Å². The normalized spacial score (nSPS) is 17.7. The van der Waals surface area contributed by atoms with Gasteiger partial charge in [-0.15, -0.1) is 0 Å². The van der Waals surface area contributed by atoms with E-state index in [0.29, 0.717) is 56.4 Å². The number of hydrogen-bond donors (Lipinski definition) is 1.